The molecule has 0 aromatic carbocycles. The SMILES string of the molecule is CC(C)CNCCC(C)(C)c1cnn(C)c1. The van der Waals surface area contributed by atoms with Gasteiger partial charge in [-0.1, -0.05) is 27.7 Å². The first-order chi connectivity index (χ1) is 7.42. The van der Waals surface area contributed by atoms with Gasteiger partial charge in [-0.15, -0.1) is 0 Å². The van der Waals surface area contributed by atoms with Gasteiger partial charge in [0.15, 0.2) is 0 Å². The average Bonchev–Trinajstić information content (AvgIpc) is 2.60. The Labute approximate surface area is 99.2 Å². The smallest absolute Gasteiger partial charge is 0.0527 e. The zero-order valence-corrected chi connectivity index (χ0v) is 11.2. The molecule has 3 nitrogen and oxygen atoms in total. The fourth-order valence-electron chi connectivity index (χ4n) is 1.71. The highest BCUT2D eigenvalue weighted by atomic mass is 15.2. The summed E-state index contributed by atoms with van der Waals surface area (Å²) >= 11 is 0. The number of hydrogen-bond donors (Lipinski definition) is 1. The summed E-state index contributed by atoms with van der Waals surface area (Å²) in [5.74, 6) is 0.724. The Kier molecular flexibility index (Phi) is 4.54. The maximum absolute atomic E-state index is 4.24. The summed E-state index contributed by atoms with van der Waals surface area (Å²) in [6.45, 7) is 11.2. The van der Waals surface area contributed by atoms with Gasteiger partial charge < -0.3 is 5.32 Å². The Morgan fingerprint density at radius 3 is 2.62 bits per heavy atom. The minimum absolute atomic E-state index is 0.207. The van der Waals surface area contributed by atoms with Gasteiger partial charge in [0.1, 0.15) is 0 Å². The first kappa shape index (κ1) is 13.2. The summed E-state index contributed by atoms with van der Waals surface area (Å²) in [6.07, 6.45) is 5.23. The lowest BCUT2D eigenvalue weighted by Gasteiger charge is -2.23. The van der Waals surface area contributed by atoms with Crippen molar-refractivity contribution in [2.75, 3.05) is 13.1 Å². The summed E-state index contributed by atoms with van der Waals surface area (Å²) < 4.78 is 1.87. The molecule has 0 atom stereocenters. The predicted molar refractivity (Wildman–Crippen MR) is 68.6 cm³/mol. The highest BCUT2D eigenvalue weighted by Gasteiger charge is 2.21. The van der Waals surface area contributed by atoms with Crippen LogP contribution in [0.3, 0.4) is 0 Å². The minimum atomic E-state index is 0.207. The van der Waals surface area contributed by atoms with Crippen molar-refractivity contribution in [3.05, 3.63) is 18.0 Å². The molecule has 3 heteroatoms. The molecule has 1 N–H and O–H groups in total. The maximum atomic E-state index is 4.24. The number of hydrogen-bond acceptors (Lipinski definition) is 2. The second-order valence-electron chi connectivity index (χ2n) is 5.63. The Morgan fingerprint density at radius 2 is 2.12 bits per heavy atom. The van der Waals surface area contributed by atoms with E-state index in [9.17, 15) is 0 Å². The fraction of sp³-hybridized carbons (Fsp3) is 0.769. The van der Waals surface area contributed by atoms with Crippen molar-refractivity contribution >= 4 is 0 Å². The molecule has 1 heterocycles. The van der Waals surface area contributed by atoms with E-state index in [0.717, 1.165) is 25.4 Å². The van der Waals surface area contributed by atoms with Gasteiger partial charge in [0.2, 0.25) is 0 Å². The van der Waals surface area contributed by atoms with Gasteiger partial charge in [0.05, 0.1) is 6.20 Å². The van der Waals surface area contributed by atoms with Gasteiger partial charge in [0, 0.05) is 13.2 Å². The van der Waals surface area contributed by atoms with Gasteiger partial charge in [-0.05, 0) is 36.4 Å². The molecular formula is C13H25N3. The Bertz CT molecular complexity index is 313. The van der Waals surface area contributed by atoms with E-state index in [0.29, 0.717) is 0 Å². The number of rotatable bonds is 6. The van der Waals surface area contributed by atoms with E-state index in [2.05, 4.69) is 44.3 Å². The third kappa shape index (κ3) is 3.97. The van der Waals surface area contributed by atoms with Crippen LogP contribution in [-0.2, 0) is 12.5 Å². The van der Waals surface area contributed by atoms with Crippen LogP contribution in [-0.4, -0.2) is 22.9 Å². The summed E-state index contributed by atoms with van der Waals surface area (Å²) in [5.41, 5.74) is 1.53. The van der Waals surface area contributed by atoms with Crippen molar-refractivity contribution in [2.45, 2.75) is 39.5 Å². The van der Waals surface area contributed by atoms with Crippen molar-refractivity contribution in [1.29, 1.82) is 0 Å². The van der Waals surface area contributed by atoms with Crippen LogP contribution in [0.4, 0.5) is 0 Å². The Balaban J connectivity index is 2.40. The van der Waals surface area contributed by atoms with Crippen molar-refractivity contribution in [3.63, 3.8) is 0 Å². The molecular weight excluding hydrogens is 198 g/mol. The van der Waals surface area contributed by atoms with Crippen LogP contribution in [0, 0.1) is 5.92 Å². The van der Waals surface area contributed by atoms with Gasteiger partial charge in [-0.3, -0.25) is 4.68 Å². The number of aryl methyl sites for hydroxylation is 1. The molecule has 16 heavy (non-hydrogen) atoms. The van der Waals surface area contributed by atoms with Gasteiger partial charge in [0.25, 0.3) is 0 Å². The second kappa shape index (κ2) is 5.48. The molecule has 0 aliphatic heterocycles. The van der Waals surface area contributed by atoms with Gasteiger partial charge in [-0.25, -0.2) is 0 Å². The van der Waals surface area contributed by atoms with E-state index in [1.54, 1.807) is 0 Å². The Morgan fingerprint density at radius 1 is 1.44 bits per heavy atom. The second-order valence-corrected chi connectivity index (χ2v) is 5.63. The average molecular weight is 223 g/mol. The minimum Gasteiger partial charge on any atom is -0.316 e. The predicted octanol–water partition coefficient (Wildman–Crippen LogP) is 2.33. The molecule has 0 amide bonds. The first-order valence-corrected chi connectivity index (χ1v) is 6.11. The summed E-state index contributed by atoms with van der Waals surface area (Å²) in [6, 6.07) is 0. The highest BCUT2D eigenvalue weighted by Crippen LogP contribution is 2.25. The fourth-order valence-corrected chi connectivity index (χ4v) is 1.71. The molecule has 92 valence electrons. The highest BCUT2D eigenvalue weighted by molar-refractivity contribution is 5.16. The van der Waals surface area contributed by atoms with Gasteiger partial charge >= 0.3 is 0 Å². The van der Waals surface area contributed by atoms with Crippen LogP contribution >= 0.6 is 0 Å². The van der Waals surface area contributed by atoms with Crippen molar-refractivity contribution < 1.29 is 0 Å². The molecule has 0 saturated heterocycles. The molecule has 1 aromatic rings. The topological polar surface area (TPSA) is 29.9 Å². The Hall–Kier alpha value is -0.830. The molecule has 0 aliphatic carbocycles. The first-order valence-electron chi connectivity index (χ1n) is 6.11. The molecule has 0 fully saturated rings. The normalized spacial score (nSPS) is 12.4. The third-order valence-corrected chi connectivity index (χ3v) is 2.97. The number of nitrogens with one attached hydrogen (secondary N) is 1. The molecule has 0 bridgehead atoms. The lowest BCUT2D eigenvalue weighted by atomic mass is 9.83. The molecule has 0 saturated carbocycles. The monoisotopic (exact) mass is 223 g/mol. The van der Waals surface area contributed by atoms with Crippen LogP contribution in [0.2, 0.25) is 0 Å². The zero-order valence-electron chi connectivity index (χ0n) is 11.2. The molecule has 0 radical (unpaired) electrons. The van der Waals surface area contributed by atoms with Crippen LogP contribution in [0.15, 0.2) is 12.4 Å². The van der Waals surface area contributed by atoms with Crippen LogP contribution in [0.1, 0.15) is 39.7 Å². The molecule has 0 unspecified atom stereocenters. The van der Waals surface area contributed by atoms with E-state index in [1.165, 1.54) is 5.56 Å². The molecule has 1 rings (SSSR count). The van der Waals surface area contributed by atoms with Crippen LogP contribution < -0.4 is 5.32 Å². The summed E-state index contributed by atoms with van der Waals surface area (Å²) in [4.78, 5) is 0. The van der Waals surface area contributed by atoms with Crippen molar-refractivity contribution in [2.24, 2.45) is 13.0 Å². The lowest BCUT2D eigenvalue weighted by Crippen LogP contribution is -2.27. The summed E-state index contributed by atoms with van der Waals surface area (Å²) in [7, 11) is 1.97. The molecule has 0 aliphatic rings. The maximum Gasteiger partial charge on any atom is 0.0527 e. The van der Waals surface area contributed by atoms with E-state index in [1.807, 2.05) is 17.9 Å². The van der Waals surface area contributed by atoms with Crippen molar-refractivity contribution in [1.82, 2.24) is 15.1 Å². The van der Waals surface area contributed by atoms with E-state index < -0.39 is 0 Å². The van der Waals surface area contributed by atoms with E-state index in [4.69, 9.17) is 0 Å². The van der Waals surface area contributed by atoms with Gasteiger partial charge in [-0.2, -0.15) is 5.10 Å². The van der Waals surface area contributed by atoms with Crippen molar-refractivity contribution in [3.8, 4) is 0 Å². The molecule has 1 aromatic heterocycles. The number of nitrogens with zero attached hydrogens (tertiary/aromatic N) is 2. The standard InChI is InChI=1S/C13H25N3/c1-11(2)8-14-7-6-13(3,4)12-9-15-16(5)10-12/h9-11,14H,6-8H2,1-5H3. The summed E-state index contributed by atoms with van der Waals surface area (Å²) in [5, 5.41) is 7.73. The lowest BCUT2D eigenvalue weighted by molar-refractivity contribution is 0.442. The van der Waals surface area contributed by atoms with E-state index in [-0.39, 0.29) is 5.41 Å². The quantitative estimate of drug-likeness (QED) is 0.750. The third-order valence-electron chi connectivity index (χ3n) is 2.97. The number of aromatic nitrogens is 2. The van der Waals surface area contributed by atoms with Crippen LogP contribution in [0.5, 0.6) is 0 Å². The van der Waals surface area contributed by atoms with Crippen LogP contribution in [0.25, 0.3) is 0 Å². The zero-order chi connectivity index (χ0) is 12.2. The largest absolute Gasteiger partial charge is 0.316 e. The van der Waals surface area contributed by atoms with E-state index >= 15 is 0 Å². The molecule has 0 spiro atoms.